The lowest BCUT2D eigenvalue weighted by molar-refractivity contribution is 0.0597. The van der Waals surface area contributed by atoms with Crippen molar-refractivity contribution < 1.29 is 19.7 Å². The van der Waals surface area contributed by atoms with E-state index in [1.165, 1.54) is 19.2 Å². The number of methoxy groups -OCH3 is 1. The summed E-state index contributed by atoms with van der Waals surface area (Å²) in [7, 11) is 1.22. The molecule has 0 spiro atoms. The second-order valence-electron chi connectivity index (χ2n) is 3.06. The van der Waals surface area contributed by atoms with Gasteiger partial charge in [-0.2, -0.15) is 0 Å². The number of hydrogen-bond acceptors (Lipinski definition) is 5. The Morgan fingerprint density at radius 1 is 1.60 bits per heavy atom. The summed E-state index contributed by atoms with van der Waals surface area (Å²) in [5.74, 6) is -0.810. The van der Waals surface area contributed by atoms with Gasteiger partial charge in [-0.15, -0.1) is 0 Å². The number of rotatable bonds is 3. The number of ether oxygens (including phenoxy) is 1. The number of aliphatic hydroxyl groups excluding tert-OH is 1. The fraction of sp³-hybridized carbons (Fsp3) is 0.300. The number of phenolic OH excluding ortho intramolecular Hbond substituents is 1. The van der Waals surface area contributed by atoms with Crippen molar-refractivity contribution in [3.63, 3.8) is 0 Å². The van der Waals surface area contributed by atoms with Crippen LogP contribution in [0.15, 0.2) is 18.2 Å². The molecular formula is C10H13NO4. The molecule has 4 N–H and O–H groups in total. The number of hydrogen-bond donors (Lipinski definition) is 3. The molecule has 0 heterocycles. The van der Waals surface area contributed by atoms with Crippen LogP contribution in [0.25, 0.3) is 0 Å². The predicted molar refractivity (Wildman–Crippen MR) is 53.5 cm³/mol. The summed E-state index contributed by atoms with van der Waals surface area (Å²) in [6.07, 6.45) is 0. The lowest BCUT2D eigenvalue weighted by Gasteiger charge is -2.10. The molecule has 5 heteroatoms. The quantitative estimate of drug-likeness (QED) is 0.620. The minimum Gasteiger partial charge on any atom is -0.507 e. The van der Waals surface area contributed by atoms with Crippen LogP contribution in [-0.4, -0.2) is 29.9 Å². The molecule has 1 aromatic rings. The second-order valence-corrected chi connectivity index (χ2v) is 3.06. The van der Waals surface area contributed by atoms with E-state index in [1.807, 2.05) is 0 Å². The second kappa shape index (κ2) is 4.77. The molecule has 5 nitrogen and oxygen atoms in total. The van der Waals surface area contributed by atoms with E-state index in [2.05, 4.69) is 4.74 Å². The van der Waals surface area contributed by atoms with Crippen LogP contribution in [0.2, 0.25) is 0 Å². The molecule has 15 heavy (non-hydrogen) atoms. The normalized spacial score (nSPS) is 12.2. The van der Waals surface area contributed by atoms with Crippen LogP contribution in [0.5, 0.6) is 5.75 Å². The summed E-state index contributed by atoms with van der Waals surface area (Å²) in [4.78, 5) is 11.2. The zero-order valence-electron chi connectivity index (χ0n) is 8.30. The minimum atomic E-state index is -0.639. The van der Waals surface area contributed by atoms with E-state index in [0.717, 1.165) is 0 Å². The lowest BCUT2D eigenvalue weighted by Crippen LogP contribution is -2.15. The van der Waals surface area contributed by atoms with E-state index in [0.29, 0.717) is 5.56 Å². The molecule has 0 radical (unpaired) electrons. The minimum absolute atomic E-state index is 0.0406. The number of carbonyl (C=O) groups is 1. The zero-order valence-corrected chi connectivity index (χ0v) is 8.30. The Morgan fingerprint density at radius 3 is 2.80 bits per heavy atom. The number of phenols is 1. The number of aromatic hydroxyl groups is 1. The van der Waals surface area contributed by atoms with Crippen molar-refractivity contribution in [1.82, 2.24) is 0 Å². The Balaban J connectivity index is 3.10. The van der Waals surface area contributed by atoms with Crippen molar-refractivity contribution in [2.75, 3.05) is 13.7 Å². The number of benzene rings is 1. The van der Waals surface area contributed by atoms with Crippen LogP contribution >= 0.6 is 0 Å². The molecule has 0 bridgehead atoms. The highest BCUT2D eigenvalue weighted by Gasteiger charge is 2.14. The third kappa shape index (κ3) is 2.45. The Labute approximate surface area is 87.1 Å². The standard InChI is InChI=1S/C10H13NO4/c1-15-10(14)7-4-6(8(11)5-12)2-3-9(7)13/h2-4,8,12-13H,5,11H2,1H3/t8-/m0/s1. The lowest BCUT2D eigenvalue weighted by atomic mass is 10.0. The number of nitrogens with two attached hydrogens (primary N) is 1. The van der Waals surface area contributed by atoms with E-state index >= 15 is 0 Å². The molecule has 0 aliphatic carbocycles. The molecule has 0 amide bonds. The first kappa shape index (κ1) is 11.5. The maximum Gasteiger partial charge on any atom is 0.341 e. The van der Waals surface area contributed by atoms with Crippen LogP contribution in [0, 0.1) is 0 Å². The molecule has 0 saturated heterocycles. The van der Waals surface area contributed by atoms with Gasteiger partial charge in [0, 0.05) is 0 Å². The molecule has 0 fully saturated rings. The van der Waals surface area contributed by atoms with Gasteiger partial charge in [0.25, 0.3) is 0 Å². The number of aliphatic hydroxyl groups is 1. The Bertz CT molecular complexity index is 364. The topological polar surface area (TPSA) is 92.8 Å². The van der Waals surface area contributed by atoms with Crippen LogP contribution < -0.4 is 5.73 Å². The van der Waals surface area contributed by atoms with Crippen LogP contribution in [-0.2, 0) is 4.74 Å². The van der Waals surface area contributed by atoms with Gasteiger partial charge in [-0.25, -0.2) is 4.79 Å². The van der Waals surface area contributed by atoms with E-state index < -0.39 is 12.0 Å². The molecule has 0 aliphatic rings. The van der Waals surface area contributed by atoms with E-state index in [1.54, 1.807) is 6.07 Å². The van der Waals surface area contributed by atoms with Gasteiger partial charge >= 0.3 is 5.97 Å². The summed E-state index contributed by atoms with van der Waals surface area (Å²) < 4.78 is 4.48. The third-order valence-electron chi connectivity index (χ3n) is 2.05. The van der Waals surface area contributed by atoms with Gasteiger partial charge in [0.1, 0.15) is 11.3 Å². The van der Waals surface area contributed by atoms with Gasteiger partial charge in [-0.05, 0) is 17.7 Å². The monoisotopic (exact) mass is 211 g/mol. The van der Waals surface area contributed by atoms with E-state index in [9.17, 15) is 9.90 Å². The Morgan fingerprint density at radius 2 is 2.27 bits per heavy atom. The number of carbonyl (C=O) groups excluding carboxylic acids is 1. The highest BCUT2D eigenvalue weighted by molar-refractivity contribution is 5.92. The fourth-order valence-corrected chi connectivity index (χ4v) is 1.16. The molecule has 1 atom stereocenters. The van der Waals surface area contributed by atoms with E-state index in [-0.39, 0.29) is 17.9 Å². The average molecular weight is 211 g/mol. The summed E-state index contributed by atoms with van der Waals surface area (Å²) in [5.41, 5.74) is 6.18. The predicted octanol–water partition coefficient (Wildman–Crippen LogP) is 0.171. The maximum absolute atomic E-state index is 11.2. The van der Waals surface area contributed by atoms with Gasteiger partial charge < -0.3 is 20.7 Å². The highest BCUT2D eigenvalue weighted by Crippen LogP contribution is 2.22. The summed E-state index contributed by atoms with van der Waals surface area (Å²) >= 11 is 0. The molecular weight excluding hydrogens is 198 g/mol. The van der Waals surface area contributed by atoms with Crippen LogP contribution in [0.3, 0.4) is 0 Å². The fourth-order valence-electron chi connectivity index (χ4n) is 1.16. The van der Waals surface area contributed by atoms with Gasteiger partial charge in [-0.1, -0.05) is 6.07 Å². The Hall–Kier alpha value is -1.59. The van der Waals surface area contributed by atoms with Crippen molar-refractivity contribution in [3.05, 3.63) is 29.3 Å². The molecule has 1 rings (SSSR count). The first-order valence-corrected chi connectivity index (χ1v) is 4.37. The summed E-state index contributed by atoms with van der Waals surface area (Å²) in [6.45, 7) is -0.231. The van der Waals surface area contributed by atoms with Crippen molar-refractivity contribution in [2.24, 2.45) is 5.73 Å². The van der Waals surface area contributed by atoms with Gasteiger partial charge in [-0.3, -0.25) is 0 Å². The van der Waals surface area contributed by atoms with Crippen molar-refractivity contribution in [2.45, 2.75) is 6.04 Å². The molecule has 0 aliphatic heterocycles. The van der Waals surface area contributed by atoms with E-state index in [4.69, 9.17) is 10.8 Å². The highest BCUT2D eigenvalue weighted by atomic mass is 16.5. The van der Waals surface area contributed by atoms with Crippen molar-refractivity contribution in [3.8, 4) is 5.75 Å². The summed E-state index contributed by atoms with van der Waals surface area (Å²) in [5, 5.41) is 18.2. The first-order valence-electron chi connectivity index (χ1n) is 4.37. The first-order chi connectivity index (χ1) is 7.10. The molecule has 1 aromatic carbocycles. The average Bonchev–Trinajstić information content (AvgIpc) is 2.27. The van der Waals surface area contributed by atoms with Crippen LogP contribution in [0.1, 0.15) is 22.0 Å². The van der Waals surface area contributed by atoms with Gasteiger partial charge in [0.05, 0.1) is 19.8 Å². The number of esters is 1. The van der Waals surface area contributed by atoms with Gasteiger partial charge in [0.15, 0.2) is 0 Å². The summed E-state index contributed by atoms with van der Waals surface area (Å²) in [6, 6.07) is 3.72. The largest absolute Gasteiger partial charge is 0.507 e. The smallest absolute Gasteiger partial charge is 0.341 e. The maximum atomic E-state index is 11.2. The third-order valence-corrected chi connectivity index (χ3v) is 2.05. The SMILES string of the molecule is COC(=O)c1cc([C@@H](N)CO)ccc1O. The molecule has 82 valence electrons. The van der Waals surface area contributed by atoms with Crippen molar-refractivity contribution in [1.29, 1.82) is 0 Å². The molecule has 0 saturated carbocycles. The zero-order chi connectivity index (χ0) is 11.4. The Kier molecular flexibility index (Phi) is 3.65. The molecule has 0 aromatic heterocycles. The van der Waals surface area contributed by atoms with Gasteiger partial charge in [0.2, 0.25) is 0 Å². The molecule has 0 unspecified atom stereocenters. The van der Waals surface area contributed by atoms with Crippen LogP contribution in [0.4, 0.5) is 0 Å². The van der Waals surface area contributed by atoms with Crippen molar-refractivity contribution >= 4 is 5.97 Å².